The Morgan fingerprint density at radius 1 is 0.864 bits per heavy atom. The van der Waals surface area contributed by atoms with Crippen LogP contribution in [0.15, 0.2) is 24.3 Å². The molecule has 3 rings (SSSR count). The zero-order valence-electron chi connectivity index (χ0n) is 14.0. The number of rotatable bonds is 5. The average molecular weight is 300 g/mol. The highest BCUT2D eigenvalue weighted by atomic mass is 15.1. The summed E-state index contributed by atoms with van der Waals surface area (Å²) >= 11 is 0. The van der Waals surface area contributed by atoms with Gasteiger partial charge in [0, 0.05) is 18.5 Å². The van der Waals surface area contributed by atoms with Crippen LogP contribution in [-0.4, -0.2) is 31.1 Å². The first-order valence-corrected chi connectivity index (χ1v) is 9.34. The van der Waals surface area contributed by atoms with Crippen molar-refractivity contribution in [2.75, 3.05) is 26.2 Å². The van der Waals surface area contributed by atoms with Crippen LogP contribution in [0.3, 0.4) is 0 Å². The molecule has 1 aliphatic heterocycles. The number of nitrogens with zero attached hydrogens (tertiary/aromatic N) is 1. The lowest BCUT2D eigenvalue weighted by atomic mass is 9.69. The van der Waals surface area contributed by atoms with Crippen molar-refractivity contribution in [3.8, 4) is 0 Å². The Balaban J connectivity index is 1.59. The van der Waals surface area contributed by atoms with Gasteiger partial charge in [-0.25, -0.2) is 0 Å². The maximum absolute atomic E-state index is 6.16. The third-order valence-corrected chi connectivity index (χ3v) is 5.93. The fourth-order valence-corrected chi connectivity index (χ4v) is 4.33. The van der Waals surface area contributed by atoms with Crippen LogP contribution in [0, 0.1) is 0 Å². The lowest BCUT2D eigenvalue weighted by molar-refractivity contribution is 0.231. The second kappa shape index (κ2) is 7.61. The SMILES string of the molecule is NCC1(c2ccc(CCN3CCCCC3)cc2)CCCCC1. The van der Waals surface area contributed by atoms with Crippen molar-refractivity contribution in [3.63, 3.8) is 0 Å². The number of likely N-dealkylation sites (tertiary alicyclic amines) is 1. The van der Waals surface area contributed by atoms with Gasteiger partial charge >= 0.3 is 0 Å². The summed E-state index contributed by atoms with van der Waals surface area (Å²) in [5.74, 6) is 0. The molecule has 2 N–H and O–H groups in total. The summed E-state index contributed by atoms with van der Waals surface area (Å²) in [5, 5.41) is 0. The number of benzene rings is 1. The van der Waals surface area contributed by atoms with Gasteiger partial charge in [0.25, 0.3) is 0 Å². The van der Waals surface area contributed by atoms with Crippen LogP contribution in [0.2, 0.25) is 0 Å². The minimum Gasteiger partial charge on any atom is -0.330 e. The second-order valence-corrected chi connectivity index (χ2v) is 7.39. The maximum Gasteiger partial charge on any atom is 0.00755 e. The van der Waals surface area contributed by atoms with Crippen molar-refractivity contribution in [1.82, 2.24) is 4.90 Å². The average Bonchev–Trinajstić information content (AvgIpc) is 2.62. The molecule has 0 spiro atoms. The summed E-state index contributed by atoms with van der Waals surface area (Å²) in [5.41, 5.74) is 9.39. The van der Waals surface area contributed by atoms with E-state index in [0.29, 0.717) is 0 Å². The molecule has 1 saturated carbocycles. The smallest absolute Gasteiger partial charge is 0.00755 e. The van der Waals surface area contributed by atoms with E-state index in [0.717, 1.165) is 6.54 Å². The Bertz CT molecular complexity index is 439. The molecule has 1 aliphatic carbocycles. The summed E-state index contributed by atoms with van der Waals surface area (Å²) < 4.78 is 0. The van der Waals surface area contributed by atoms with Crippen molar-refractivity contribution in [1.29, 1.82) is 0 Å². The number of nitrogens with two attached hydrogens (primary N) is 1. The highest BCUT2D eigenvalue weighted by Gasteiger charge is 2.32. The van der Waals surface area contributed by atoms with E-state index < -0.39 is 0 Å². The molecular formula is C20H32N2. The molecule has 1 aromatic rings. The Morgan fingerprint density at radius 2 is 1.50 bits per heavy atom. The standard InChI is InChI=1S/C20H32N2/c21-17-20(12-3-1-4-13-20)19-9-7-18(8-10-19)11-16-22-14-5-2-6-15-22/h7-10H,1-6,11-17,21H2. The Morgan fingerprint density at radius 3 is 2.14 bits per heavy atom. The van der Waals surface area contributed by atoms with Crippen LogP contribution in [0.4, 0.5) is 0 Å². The van der Waals surface area contributed by atoms with Crippen LogP contribution in [-0.2, 0) is 11.8 Å². The molecule has 2 aliphatic rings. The third-order valence-electron chi connectivity index (χ3n) is 5.93. The van der Waals surface area contributed by atoms with Gasteiger partial charge < -0.3 is 10.6 Å². The molecule has 22 heavy (non-hydrogen) atoms. The molecule has 1 saturated heterocycles. The lowest BCUT2D eigenvalue weighted by Gasteiger charge is -2.37. The van der Waals surface area contributed by atoms with E-state index in [9.17, 15) is 0 Å². The van der Waals surface area contributed by atoms with E-state index >= 15 is 0 Å². The van der Waals surface area contributed by atoms with Gasteiger partial charge in [0.15, 0.2) is 0 Å². The van der Waals surface area contributed by atoms with Crippen molar-refractivity contribution in [3.05, 3.63) is 35.4 Å². The minimum absolute atomic E-state index is 0.268. The predicted octanol–water partition coefficient (Wildman–Crippen LogP) is 3.88. The normalized spacial score (nSPS) is 22.6. The number of piperidine rings is 1. The maximum atomic E-state index is 6.16. The molecule has 2 heteroatoms. The third kappa shape index (κ3) is 3.72. The zero-order valence-corrected chi connectivity index (χ0v) is 14.0. The van der Waals surface area contributed by atoms with Gasteiger partial charge in [0.2, 0.25) is 0 Å². The molecule has 122 valence electrons. The topological polar surface area (TPSA) is 29.3 Å². The fourth-order valence-electron chi connectivity index (χ4n) is 4.33. The first-order chi connectivity index (χ1) is 10.8. The molecule has 2 nitrogen and oxygen atoms in total. The highest BCUT2D eigenvalue weighted by molar-refractivity contribution is 5.30. The van der Waals surface area contributed by atoms with Crippen LogP contribution in [0.1, 0.15) is 62.5 Å². The quantitative estimate of drug-likeness (QED) is 0.894. The Kier molecular flexibility index (Phi) is 5.54. The van der Waals surface area contributed by atoms with Gasteiger partial charge in [-0.1, -0.05) is 49.9 Å². The molecule has 1 aromatic carbocycles. The first kappa shape index (κ1) is 16.0. The number of hydrogen-bond acceptors (Lipinski definition) is 2. The van der Waals surface area contributed by atoms with E-state index in [1.165, 1.54) is 88.5 Å². The largest absolute Gasteiger partial charge is 0.330 e. The van der Waals surface area contributed by atoms with E-state index in [2.05, 4.69) is 29.2 Å². The van der Waals surface area contributed by atoms with Crippen LogP contribution >= 0.6 is 0 Å². The molecule has 0 radical (unpaired) electrons. The van der Waals surface area contributed by atoms with Crippen molar-refractivity contribution >= 4 is 0 Å². The van der Waals surface area contributed by atoms with Crippen molar-refractivity contribution in [2.24, 2.45) is 5.73 Å². The second-order valence-electron chi connectivity index (χ2n) is 7.39. The molecule has 0 amide bonds. The Labute approximate surface area is 136 Å². The lowest BCUT2D eigenvalue weighted by Crippen LogP contribution is -2.37. The predicted molar refractivity (Wildman–Crippen MR) is 94.3 cm³/mol. The summed E-state index contributed by atoms with van der Waals surface area (Å²) in [6.45, 7) is 4.63. The first-order valence-electron chi connectivity index (χ1n) is 9.34. The van der Waals surface area contributed by atoms with E-state index in [1.807, 2.05) is 0 Å². The Hall–Kier alpha value is -0.860. The van der Waals surface area contributed by atoms with Gasteiger partial charge in [0.1, 0.15) is 0 Å². The highest BCUT2D eigenvalue weighted by Crippen LogP contribution is 2.38. The van der Waals surface area contributed by atoms with Gasteiger partial charge in [-0.2, -0.15) is 0 Å². The monoisotopic (exact) mass is 300 g/mol. The minimum atomic E-state index is 0.268. The van der Waals surface area contributed by atoms with Gasteiger partial charge in [-0.3, -0.25) is 0 Å². The van der Waals surface area contributed by atoms with Crippen LogP contribution < -0.4 is 5.73 Å². The van der Waals surface area contributed by atoms with Crippen molar-refractivity contribution < 1.29 is 0 Å². The van der Waals surface area contributed by atoms with E-state index in [-0.39, 0.29) is 5.41 Å². The summed E-state index contributed by atoms with van der Waals surface area (Å²) in [6.07, 6.45) is 12.0. The zero-order chi connectivity index (χ0) is 15.3. The molecule has 0 aromatic heterocycles. The molecular weight excluding hydrogens is 268 g/mol. The van der Waals surface area contributed by atoms with Crippen LogP contribution in [0.25, 0.3) is 0 Å². The van der Waals surface area contributed by atoms with Crippen LogP contribution in [0.5, 0.6) is 0 Å². The number of hydrogen-bond donors (Lipinski definition) is 1. The van der Waals surface area contributed by atoms with E-state index in [1.54, 1.807) is 0 Å². The van der Waals surface area contributed by atoms with Gasteiger partial charge in [-0.05, 0) is 56.3 Å². The van der Waals surface area contributed by atoms with Crippen molar-refractivity contribution in [2.45, 2.75) is 63.2 Å². The fraction of sp³-hybridized carbons (Fsp3) is 0.700. The molecule has 0 bridgehead atoms. The van der Waals surface area contributed by atoms with Gasteiger partial charge in [0.05, 0.1) is 0 Å². The molecule has 2 fully saturated rings. The van der Waals surface area contributed by atoms with E-state index in [4.69, 9.17) is 5.73 Å². The summed E-state index contributed by atoms with van der Waals surface area (Å²) in [4.78, 5) is 2.62. The summed E-state index contributed by atoms with van der Waals surface area (Å²) in [6, 6.07) is 9.43. The summed E-state index contributed by atoms with van der Waals surface area (Å²) in [7, 11) is 0. The molecule has 0 atom stereocenters. The molecule has 0 unspecified atom stereocenters. The molecule has 1 heterocycles. The van der Waals surface area contributed by atoms with Gasteiger partial charge in [-0.15, -0.1) is 0 Å².